The number of aldehydes is 1. The molecule has 1 aliphatic rings. The van der Waals surface area contributed by atoms with Gasteiger partial charge in [-0.25, -0.2) is 0 Å². The molecule has 9 heteroatoms. The van der Waals surface area contributed by atoms with Gasteiger partial charge in [0.15, 0.2) is 0 Å². The number of hydrogen-bond donors (Lipinski definition) is 4. The number of rotatable bonds is 8. The third-order valence-electron chi connectivity index (χ3n) is 5.06. The van der Waals surface area contributed by atoms with Gasteiger partial charge < -0.3 is 27.0 Å². The van der Waals surface area contributed by atoms with Crippen molar-refractivity contribution in [3.8, 4) is 11.5 Å². The molecule has 0 aliphatic heterocycles. The average molecular weight is 512 g/mol. The zero-order valence-electron chi connectivity index (χ0n) is 19.3. The van der Waals surface area contributed by atoms with E-state index in [0.29, 0.717) is 46.1 Å². The molecule has 1 aliphatic carbocycles. The Kier molecular flexibility index (Phi) is 15.2. The Morgan fingerprint density at radius 2 is 1.74 bits per heavy atom. The summed E-state index contributed by atoms with van der Waals surface area (Å²) in [5.74, 6) is 0.215. The SMILES string of the molecule is NC1CCCCC1.NCCCCC(N)C(=O)O.O=Cc1cccc(Oc2ccc(Cl)c(Cl)c2)c1. The summed E-state index contributed by atoms with van der Waals surface area (Å²) in [6, 6.07) is 11.7. The molecule has 0 aromatic heterocycles. The summed E-state index contributed by atoms with van der Waals surface area (Å²) in [6.45, 7) is 0.604. The largest absolute Gasteiger partial charge is 0.480 e. The maximum absolute atomic E-state index is 10.6. The Morgan fingerprint density at radius 1 is 1.06 bits per heavy atom. The van der Waals surface area contributed by atoms with E-state index in [9.17, 15) is 9.59 Å². The number of carbonyl (C=O) groups is 2. The molecule has 2 aromatic carbocycles. The molecule has 7 nitrogen and oxygen atoms in total. The first kappa shape index (κ1) is 29.9. The van der Waals surface area contributed by atoms with Gasteiger partial charge in [0.1, 0.15) is 23.8 Å². The normalized spacial score (nSPS) is 14.0. The van der Waals surface area contributed by atoms with Gasteiger partial charge in [-0.2, -0.15) is 0 Å². The molecule has 188 valence electrons. The van der Waals surface area contributed by atoms with Gasteiger partial charge in [-0.15, -0.1) is 0 Å². The number of aliphatic carboxylic acids is 1. The molecular formula is C25H35Cl2N3O4. The monoisotopic (exact) mass is 511 g/mol. The van der Waals surface area contributed by atoms with Crippen molar-refractivity contribution in [2.24, 2.45) is 17.2 Å². The molecule has 0 heterocycles. The number of carboxylic acids is 1. The van der Waals surface area contributed by atoms with Gasteiger partial charge in [0, 0.05) is 17.7 Å². The minimum Gasteiger partial charge on any atom is -0.480 e. The number of benzene rings is 2. The van der Waals surface area contributed by atoms with E-state index in [0.717, 1.165) is 19.1 Å². The Morgan fingerprint density at radius 3 is 2.26 bits per heavy atom. The average Bonchev–Trinajstić information content (AvgIpc) is 2.83. The van der Waals surface area contributed by atoms with Crippen LogP contribution >= 0.6 is 23.2 Å². The molecule has 0 bridgehead atoms. The van der Waals surface area contributed by atoms with Crippen molar-refractivity contribution in [2.45, 2.75) is 63.5 Å². The van der Waals surface area contributed by atoms with E-state index in [1.807, 2.05) is 0 Å². The van der Waals surface area contributed by atoms with Crippen LogP contribution in [0.25, 0.3) is 0 Å². The minimum atomic E-state index is -0.933. The van der Waals surface area contributed by atoms with Gasteiger partial charge in [-0.1, -0.05) is 61.0 Å². The second-order valence-electron chi connectivity index (χ2n) is 8.00. The Balaban J connectivity index is 0.000000288. The van der Waals surface area contributed by atoms with Gasteiger partial charge in [0.05, 0.1) is 10.0 Å². The van der Waals surface area contributed by atoms with Crippen LogP contribution in [0.15, 0.2) is 42.5 Å². The summed E-state index contributed by atoms with van der Waals surface area (Å²) < 4.78 is 5.55. The van der Waals surface area contributed by atoms with Crippen LogP contribution in [-0.2, 0) is 4.79 Å². The zero-order valence-corrected chi connectivity index (χ0v) is 20.8. The van der Waals surface area contributed by atoms with Crippen molar-refractivity contribution in [2.75, 3.05) is 6.54 Å². The van der Waals surface area contributed by atoms with Crippen molar-refractivity contribution in [1.82, 2.24) is 0 Å². The molecule has 0 spiro atoms. The van der Waals surface area contributed by atoms with Crippen LogP contribution in [0.5, 0.6) is 11.5 Å². The fourth-order valence-electron chi connectivity index (χ4n) is 3.09. The predicted octanol–water partition coefficient (Wildman–Crippen LogP) is 5.40. The van der Waals surface area contributed by atoms with E-state index in [1.54, 1.807) is 42.5 Å². The van der Waals surface area contributed by atoms with Crippen LogP contribution < -0.4 is 21.9 Å². The smallest absolute Gasteiger partial charge is 0.320 e. The number of carbonyl (C=O) groups excluding carboxylic acids is 1. The first-order valence-electron chi connectivity index (χ1n) is 11.4. The van der Waals surface area contributed by atoms with Crippen molar-refractivity contribution < 1.29 is 19.4 Å². The molecule has 3 rings (SSSR count). The van der Waals surface area contributed by atoms with E-state index >= 15 is 0 Å². The van der Waals surface area contributed by atoms with E-state index in [4.69, 9.17) is 50.2 Å². The minimum absolute atomic E-state index is 0.427. The number of ether oxygens (including phenoxy) is 1. The number of nitrogens with two attached hydrogens (primary N) is 3. The second-order valence-corrected chi connectivity index (χ2v) is 8.81. The highest BCUT2D eigenvalue weighted by Gasteiger charge is 2.09. The van der Waals surface area contributed by atoms with Crippen LogP contribution in [0.2, 0.25) is 10.0 Å². The Bertz CT molecular complexity index is 877. The molecule has 7 N–H and O–H groups in total. The number of hydrogen-bond acceptors (Lipinski definition) is 6. The van der Waals surface area contributed by atoms with E-state index < -0.39 is 12.0 Å². The molecule has 1 unspecified atom stereocenters. The molecule has 0 amide bonds. The summed E-state index contributed by atoms with van der Waals surface area (Å²) in [7, 11) is 0. The van der Waals surface area contributed by atoms with Gasteiger partial charge in [-0.05, 0) is 56.5 Å². The maximum atomic E-state index is 10.6. The fraction of sp³-hybridized carbons (Fsp3) is 0.440. The fourth-order valence-corrected chi connectivity index (χ4v) is 3.38. The summed E-state index contributed by atoms with van der Waals surface area (Å²) in [5.41, 5.74) is 16.6. The van der Waals surface area contributed by atoms with Crippen LogP contribution in [0.1, 0.15) is 61.7 Å². The third-order valence-corrected chi connectivity index (χ3v) is 5.80. The first-order valence-corrected chi connectivity index (χ1v) is 12.1. The van der Waals surface area contributed by atoms with Gasteiger partial charge in [0.2, 0.25) is 0 Å². The molecule has 1 saturated carbocycles. The number of carboxylic acid groups (broad SMARTS) is 1. The molecule has 34 heavy (non-hydrogen) atoms. The van der Waals surface area contributed by atoms with Gasteiger partial charge >= 0.3 is 5.97 Å². The standard InChI is InChI=1S/C13H8Cl2O2.C6H14N2O2.C6H13N/c14-12-5-4-11(7-13(12)15)17-10-3-1-2-9(6-10)8-16;7-4-2-1-3-5(8)6(9)10;7-6-4-2-1-3-5-6/h1-8H;5H,1-4,7-8H2,(H,9,10);6H,1-5,7H2. The first-order chi connectivity index (χ1) is 16.3. The molecular weight excluding hydrogens is 477 g/mol. The summed E-state index contributed by atoms with van der Waals surface area (Å²) in [5, 5.41) is 9.22. The quantitative estimate of drug-likeness (QED) is 0.274. The van der Waals surface area contributed by atoms with Crippen LogP contribution in [-0.4, -0.2) is 36.0 Å². The lowest BCUT2D eigenvalue weighted by Gasteiger charge is -2.15. The Hall–Kier alpha value is -2.16. The Labute approximate surface area is 211 Å². The predicted molar refractivity (Wildman–Crippen MR) is 138 cm³/mol. The molecule has 0 radical (unpaired) electrons. The number of unbranched alkanes of at least 4 members (excludes halogenated alkanes) is 1. The van der Waals surface area contributed by atoms with Crippen molar-refractivity contribution in [3.63, 3.8) is 0 Å². The van der Waals surface area contributed by atoms with Crippen LogP contribution in [0, 0.1) is 0 Å². The highest BCUT2D eigenvalue weighted by molar-refractivity contribution is 6.42. The summed E-state index contributed by atoms with van der Waals surface area (Å²) in [4.78, 5) is 20.8. The molecule has 0 saturated heterocycles. The van der Waals surface area contributed by atoms with Crippen molar-refractivity contribution >= 4 is 35.5 Å². The van der Waals surface area contributed by atoms with Crippen LogP contribution in [0.3, 0.4) is 0 Å². The second kappa shape index (κ2) is 17.3. The van der Waals surface area contributed by atoms with E-state index in [2.05, 4.69) is 0 Å². The molecule has 1 atom stereocenters. The number of halogens is 2. The lowest BCUT2D eigenvalue weighted by molar-refractivity contribution is -0.138. The highest BCUT2D eigenvalue weighted by Crippen LogP contribution is 2.29. The van der Waals surface area contributed by atoms with Gasteiger partial charge in [0.25, 0.3) is 0 Å². The zero-order chi connectivity index (χ0) is 25.3. The maximum Gasteiger partial charge on any atom is 0.320 e. The van der Waals surface area contributed by atoms with Crippen molar-refractivity contribution in [3.05, 3.63) is 58.1 Å². The van der Waals surface area contributed by atoms with Crippen molar-refractivity contribution in [1.29, 1.82) is 0 Å². The highest BCUT2D eigenvalue weighted by atomic mass is 35.5. The topological polar surface area (TPSA) is 142 Å². The van der Waals surface area contributed by atoms with E-state index in [1.165, 1.54) is 32.1 Å². The van der Waals surface area contributed by atoms with E-state index in [-0.39, 0.29) is 0 Å². The molecule has 2 aromatic rings. The molecule has 1 fully saturated rings. The third kappa shape index (κ3) is 12.9. The van der Waals surface area contributed by atoms with Gasteiger partial charge in [-0.3, -0.25) is 9.59 Å². The van der Waals surface area contributed by atoms with Crippen LogP contribution in [0.4, 0.5) is 0 Å². The summed E-state index contributed by atoms with van der Waals surface area (Å²) in [6.07, 6.45) is 9.59. The lowest BCUT2D eigenvalue weighted by Crippen LogP contribution is -2.29. The lowest BCUT2D eigenvalue weighted by atomic mass is 9.97. The summed E-state index contributed by atoms with van der Waals surface area (Å²) >= 11 is 11.7.